The van der Waals surface area contributed by atoms with Gasteiger partial charge in [0, 0.05) is 31.9 Å². The maximum Gasteiger partial charge on any atom is 0.0797 e. The van der Waals surface area contributed by atoms with Gasteiger partial charge >= 0.3 is 0 Å². The summed E-state index contributed by atoms with van der Waals surface area (Å²) in [6.07, 6.45) is 4.85. The molecule has 1 N–H and O–H groups in total. The van der Waals surface area contributed by atoms with E-state index in [-0.39, 0.29) is 6.04 Å². The topological polar surface area (TPSA) is 47.7 Å². The van der Waals surface area contributed by atoms with Crippen molar-refractivity contribution >= 4 is 0 Å². The molecule has 0 aliphatic carbocycles. The van der Waals surface area contributed by atoms with Gasteiger partial charge in [-0.2, -0.15) is 10.2 Å². The molecule has 0 fully saturated rings. The molecule has 18 heavy (non-hydrogen) atoms. The van der Waals surface area contributed by atoms with E-state index in [2.05, 4.69) is 35.4 Å². The predicted molar refractivity (Wildman–Crippen MR) is 71.3 cm³/mol. The summed E-state index contributed by atoms with van der Waals surface area (Å²) < 4.78 is 3.81. The summed E-state index contributed by atoms with van der Waals surface area (Å²) in [6, 6.07) is 4.73. The molecule has 0 saturated heterocycles. The van der Waals surface area contributed by atoms with Crippen molar-refractivity contribution in [3.8, 4) is 0 Å². The van der Waals surface area contributed by atoms with E-state index in [1.54, 1.807) is 0 Å². The van der Waals surface area contributed by atoms with Crippen molar-refractivity contribution in [2.45, 2.75) is 32.4 Å². The van der Waals surface area contributed by atoms with Gasteiger partial charge in [0.25, 0.3) is 0 Å². The maximum absolute atomic E-state index is 4.57. The lowest BCUT2D eigenvalue weighted by atomic mass is 10.1. The fraction of sp³-hybridized carbons (Fsp3) is 0.538. The zero-order chi connectivity index (χ0) is 13.1. The van der Waals surface area contributed by atoms with Gasteiger partial charge in [0.05, 0.1) is 17.4 Å². The number of nitrogens with zero attached hydrogens (tertiary/aromatic N) is 4. The number of hydrogen-bond acceptors (Lipinski definition) is 3. The quantitative estimate of drug-likeness (QED) is 0.875. The second-order valence-electron chi connectivity index (χ2n) is 4.84. The summed E-state index contributed by atoms with van der Waals surface area (Å²) in [7, 11) is 3.89. The summed E-state index contributed by atoms with van der Waals surface area (Å²) in [6.45, 7) is 4.26. The fourth-order valence-electron chi connectivity index (χ4n) is 1.96. The Balaban J connectivity index is 2.10. The third-order valence-electron chi connectivity index (χ3n) is 3.05. The smallest absolute Gasteiger partial charge is 0.0797 e. The van der Waals surface area contributed by atoms with Crippen LogP contribution in [0.25, 0.3) is 0 Å². The average molecular weight is 247 g/mol. The molecule has 0 spiro atoms. The molecule has 5 nitrogen and oxygen atoms in total. The molecule has 98 valence electrons. The third-order valence-corrected chi connectivity index (χ3v) is 3.05. The largest absolute Gasteiger partial charge is 0.311 e. The van der Waals surface area contributed by atoms with Crippen LogP contribution in [0.4, 0.5) is 0 Å². The molecule has 0 aromatic carbocycles. The molecule has 2 aromatic rings. The van der Waals surface area contributed by atoms with Crippen LogP contribution in [0.1, 0.15) is 37.3 Å². The van der Waals surface area contributed by atoms with Gasteiger partial charge in [0.1, 0.15) is 0 Å². The molecule has 1 unspecified atom stereocenters. The Morgan fingerprint density at radius 3 is 2.50 bits per heavy atom. The van der Waals surface area contributed by atoms with Gasteiger partial charge in [-0.1, -0.05) is 0 Å². The first-order chi connectivity index (χ1) is 8.60. The molecule has 0 bridgehead atoms. The van der Waals surface area contributed by atoms with E-state index in [1.807, 2.05) is 41.9 Å². The first-order valence-corrected chi connectivity index (χ1v) is 6.31. The van der Waals surface area contributed by atoms with Crippen LogP contribution in [0.3, 0.4) is 0 Å². The molecular formula is C13H21N5. The highest BCUT2D eigenvalue weighted by molar-refractivity contribution is 5.11. The monoisotopic (exact) mass is 247 g/mol. The minimum atomic E-state index is 0.210. The van der Waals surface area contributed by atoms with Crippen molar-refractivity contribution in [3.05, 3.63) is 35.9 Å². The number of likely N-dealkylation sites (N-methyl/N-ethyl adjacent to an activating group) is 1. The van der Waals surface area contributed by atoms with Crippen LogP contribution in [-0.2, 0) is 13.5 Å². The van der Waals surface area contributed by atoms with Crippen LogP contribution in [-0.4, -0.2) is 26.6 Å². The number of hydrogen-bond donors (Lipinski definition) is 1. The highest BCUT2D eigenvalue weighted by Gasteiger charge is 2.14. The van der Waals surface area contributed by atoms with E-state index in [4.69, 9.17) is 0 Å². The summed E-state index contributed by atoms with van der Waals surface area (Å²) in [5.41, 5.74) is 2.15. The van der Waals surface area contributed by atoms with Crippen molar-refractivity contribution in [3.63, 3.8) is 0 Å². The zero-order valence-corrected chi connectivity index (χ0v) is 11.5. The standard InChI is InChI=1S/C13H21N5/c1-10(2)18-8-5-11(15-18)9-13(14-3)12-6-7-17(4)16-12/h5-8,10,13-14H,9H2,1-4H3. The number of nitrogens with one attached hydrogen (secondary N) is 1. The average Bonchev–Trinajstić information content (AvgIpc) is 2.94. The van der Waals surface area contributed by atoms with Crippen molar-refractivity contribution < 1.29 is 0 Å². The first-order valence-electron chi connectivity index (χ1n) is 6.31. The Bertz CT molecular complexity index is 497. The van der Waals surface area contributed by atoms with E-state index in [9.17, 15) is 0 Å². The highest BCUT2D eigenvalue weighted by Crippen LogP contribution is 2.15. The predicted octanol–water partition coefficient (Wildman–Crippen LogP) is 1.70. The Hall–Kier alpha value is -1.62. The molecule has 0 amide bonds. The van der Waals surface area contributed by atoms with Crippen LogP contribution < -0.4 is 5.32 Å². The summed E-state index contributed by atoms with van der Waals surface area (Å²) in [5.74, 6) is 0. The molecule has 0 aliphatic rings. The number of rotatable bonds is 5. The normalized spacial score (nSPS) is 13.2. The molecule has 2 heterocycles. The van der Waals surface area contributed by atoms with E-state index < -0.39 is 0 Å². The first kappa shape index (κ1) is 12.8. The van der Waals surface area contributed by atoms with E-state index >= 15 is 0 Å². The van der Waals surface area contributed by atoms with Crippen LogP contribution in [0.2, 0.25) is 0 Å². The molecule has 1 atom stereocenters. The van der Waals surface area contributed by atoms with Crippen LogP contribution in [0, 0.1) is 0 Å². The van der Waals surface area contributed by atoms with Crippen molar-refractivity contribution in [1.82, 2.24) is 24.9 Å². The third kappa shape index (κ3) is 2.79. The van der Waals surface area contributed by atoms with Gasteiger partial charge in [0.2, 0.25) is 0 Å². The molecule has 0 saturated carbocycles. The molecular weight excluding hydrogens is 226 g/mol. The van der Waals surface area contributed by atoms with E-state index in [0.29, 0.717) is 6.04 Å². The number of aryl methyl sites for hydroxylation is 1. The van der Waals surface area contributed by atoms with E-state index in [1.165, 1.54) is 0 Å². The van der Waals surface area contributed by atoms with Crippen molar-refractivity contribution in [1.29, 1.82) is 0 Å². The van der Waals surface area contributed by atoms with Gasteiger partial charge in [-0.05, 0) is 33.0 Å². The molecule has 0 aliphatic heterocycles. The zero-order valence-electron chi connectivity index (χ0n) is 11.5. The Morgan fingerprint density at radius 1 is 1.22 bits per heavy atom. The van der Waals surface area contributed by atoms with Crippen molar-refractivity contribution in [2.24, 2.45) is 7.05 Å². The molecule has 0 radical (unpaired) electrons. The maximum atomic E-state index is 4.57. The summed E-state index contributed by atoms with van der Waals surface area (Å²) >= 11 is 0. The highest BCUT2D eigenvalue weighted by atomic mass is 15.3. The van der Waals surface area contributed by atoms with Crippen LogP contribution >= 0.6 is 0 Å². The molecule has 5 heteroatoms. The van der Waals surface area contributed by atoms with Crippen LogP contribution in [0.15, 0.2) is 24.5 Å². The lowest BCUT2D eigenvalue weighted by Crippen LogP contribution is -2.20. The Morgan fingerprint density at radius 2 is 2.00 bits per heavy atom. The molecule has 2 aromatic heterocycles. The minimum Gasteiger partial charge on any atom is -0.311 e. The molecule has 2 rings (SSSR count). The number of aromatic nitrogens is 4. The SMILES string of the molecule is CNC(Cc1ccn(C(C)C)n1)c1ccn(C)n1. The lowest BCUT2D eigenvalue weighted by molar-refractivity contribution is 0.510. The Kier molecular flexibility index (Phi) is 3.81. The van der Waals surface area contributed by atoms with E-state index in [0.717, 1.165) is 17.8 Å². The van der Waals surface area contributed by atoms with Crippen LogP contribution in [0.5, 0.6) is 0 Å². The van der Waals surface area contributed by atoms with Gasteiger partial charge in [0.15, 0.2) is 0 Å². The second-order valence-corrected chi connectivity index (χ2v) is 4.84. The second kappa shape index (κ2) is 5.35. The summed E-state index contributed by atoms with van der Waals surface area (Å²) in [5, 5.41) is 12.3. The summed E-state index contributed by atoms with van der Waals surface area (Å²) in [4.78, 5) is 0. The minimum absolute atomic E-state index is 0.210. The lowest BCUT2D eigenvalue weighted by Gasteiger charge is -2.12. The van der Waals surface area contributed by atoms with Gasteiger partial charge in [-0.25, -0.2) is 0 Å². The van der Waals surface area contributed by atoms with Gasteiger partial charge in [-0.3, -0.25) is 9.36 Å². The fourth-order valence-corrected chi connectivity index (χ4v) is 1.96. The Labute approximate surface area is 108 Å². The van der Waals surface area contributed by atoms with Gasteiger partial charge in [-0.15, -0.1) is 0 Å². The van der Waals surface area contributed by atoms with Gasteiger partial charge < -0.3 is 5.32 Å². The van der Waals surface area contributed by atoms with Crippen molar-refractivity contribution in [2.75, 3.05) is 7.05 Å².